The van der Waals surface area contributed by atoms with E-state index >= 15 is 0 Å². The first-order valence-electron chi connectivity index (χ1n) is 10.0. The van der Waals surface area contributed by atoms with Gasteiger partial charge in [0.2, 0.25) is 11.7 Å². The number of hydrogen-bond acceptors (Lipinski definition) is 6. The molecule has 3 rings (SSSR count). The second kappa shape index (κ2) is 9.51. The number of aryl methyl sites for hydroxylation is 1. The van der Waals surface area contributed by atoms with Crippen LogP contribution in [0.15, 0.2) is 48.5 Å². The number of ketones is 1. The zero-order valence-electron chi connectivity index (χ0n) is 18.1. The summed E-state index contributed by atoms with van der Waals surface area (Å²) in [7, 11) is 0. The van der Waals surface area contributed by atoms with E-state index in [0.717, 1.165) is 0 Å². The summed E-state index contributed by atoms with van der Waals surface area (Å²) in [5.41, 5.74) is 1.42. The van der Waals surface area contributed by atoms with Crippen molar-refractivity contribution in [1.82, 2.24) is 14.8 Å². The zero-order valence-corrected chi connectivity index (χ0v) is 18.1. The van der Waals surface area contributed by atoms with Crippen molar-refractivity contribution in [3.8, 4) is 5.69 Å². The molecular weight excluding hydrogens is 415 g/mol. The highest BCUT2D eigenvalue weighted by Crippen LogP contribution is 2.15. The van der Waals surface area contributed by atoms with Gasteiger partial charge in [0.25, 0.3) is 5.82 Å². The van der Waals surface area contributed by atoms with E-state index in [-0.39, 0.29) is 17.6 Å². The van der Waals surface area contributed by atoms with Gasteiger partial charge in [-0.1, -0.05) is 13.8 Å². The summed E-state index contributed by atoms with van der Waals surface area (Å²) < 4.78 is 19.8. The zero-order chi connectivity index (χ0) is 23.4. The van der Waals surface area contributed by atoms with E-state index in [2.05, 4.69) is 15.4 Å². The fourth-order valence-electron chi connectivity index (χ4n) is 2.81. The number of ether oxygens (including phenoxy) is 1. The maximum Gasteiger partial charge on any atom is 0.378 e. The molecule has 0 bridgehead atoms. The molecule has 32 heavy (non-hydrogen) atoms. The van der Waals surface area contributed by atoms with Crippen LogP contribution in [0.25, 0.3) is 5.69 Å². The smallest absolute Gasteiger partial charge is 0.378 e. The van der Waals surface area contributed by atoms with Crippen molar-refractivity contribution in [3.05, 3.63) is 71.6 Å². The van der Waals surface area contributed by atoms with Gasteiger partial charge in [0.05, 0.1) is 5.69 Å². The van der Waals surface area contributed by atoms with E-state index in [9.17, 15) is 18.8 Å². The maximum atomic E-state index is 13.1. The minimum Gasteiger partial charge on any atom is -0.448 e. The molecule has 0 saturated carbocycles. The minimum absolute atomic E-state index is 0.130. The average Bonchev–Trinajstić information content (AvgIpc) is 3.16. The second-order valence-corrected chi connectivity index (χ2v) is 7.50. The van der Waals surface area contributed by atoms with Gasteiger partial charge in [-0.2, -0.15) is 0 Å². The lowest BCUT2D eigenvalue weighted by Gasteiger charge is -2.12. The molecule has 3 aromatic rings. The molecule has 1 aromatic heterocycles. The predicted octanol–water partition coefficient (Wildman–Crippen LogP) is 3.74. The van der Waals surface area contributed by atoms with Gasteiger partial charge in [0.1, 0.15) is 11.6 Å². The number of aromatic nitrogens is 3. The van der Waals surface area contributed by atoms with Crippen LogP contribution in [-0.2, 0) is 9.53 Å². The molecule has 0 aliphatic heterocycles. The summed E-state index contributed by atoms with van der Waals surface area (Å²) in [5, 5.41) is 6.84. The number of esters is 1. The molecule has 0 spiro atoms. The summed E-state index contributed by atoms with van der Waals surface area (Å²) in [6, 6.07) is 11.9. The van der Waals surface area contributed by atoms with Crippen molar-refractivity contribution in [2.24, 2.45) is 5.92 Å². The van der Waals surface area contributed by atoms with Gasteiger partial charge in [0.15, 0.2) is 6.10 Å². The molecule has 1 heterocycles. The summed E-state index contributed by atoms with van der Waals surface area (Å²) in [4.78, 5) is 40.9. The lowest BCUT2D eigenvalue weighted by Crippen LogP contribution is -2.25. The first-order valence-corrected chi connectivity index (χ1v) is 10.0. The van der Waals surface area contributed by atoms with Crippen LogP contribution in [0.3, 0.4) is 0 Å². The van der Waals surface area contributed by atoms with Crippen LogP contribution in [0.4, 0.5) is 10.1 Å². The molecule has 0 saturated heterocycles. The van der Waals surface area contributed by atoms with Crippen LogP contribution in [0.2, 0.25) is 0 Å². The third kappa shape index (κ3) is 5.23. The molecule has 0 unspecified atom stereocenters. The minimum atomic E-state index is -1.07. The molecule has 0 fully saturated rings. The number of carbonyl (C=O) groups is 3. The van der Waals surface area contributed by atoms with Crippen molar-refractivity contribution < 1.29 is 23.5 Å². The normalized spacial score (nSPS) is 11.8. The second-order valence-electron chi connectivity index (χ2n) is 7.50. The summed E-state index contributed by atoms with van der Waals surface area (Å²) in [5.74, 6) is -1.76. The van der Waals surface area contributed by atoms with Crippen molar-refractivity contribution in [2.75, 3.05) is 5.32 Å². The Bertz CT molecular complexity index is 1140. The molecule has 0 radical (unpaired) electrons. The van der Waals surface area contributed by atoms with Crippen molar-refractivity contribution in [1.29, 1.82) is 0 Å². The number of nitrogens with one attached hydrogen (secondary N) is 1. The van der Waals surface area contributed by atoms with E-state index in [1.165, 1.54) is 35.9 Å². The topological polar surface area (TPSA) is 103 Å². The number of carbonyl (C=O) groups excluding carboxylic acids is 3. The molecule has 1 amide bonds. The van der Waals surface area contributed by atoms with Crippen molar-refractivity contribution in [2.45, 2.75) is 33.8 Å². The van der Waals surface area contributed by atoms with Crippen LogP contribution in [0.1, 0.15) is 47.6 Å². The van der Waals surface area contributed by atoms with E-state index in [4.69, 9.17) is 4.74 Å². The van der Waals surface area contributed by atoms with Gasteiger partial charge >= 0.3 is 5.97 Å². The van der Waals surface area contributed by atoms with Crippen molar-refractivity contribution in [3.63, 3.8) is 0 Å². The maximum absolute atomic E-state index is 13.1. The van der Waals surface area contributed by atoms with Gasteiger partial charge < -0.3 is 10.1 Å². The number of halogens is 1. The SMILES string of the molecule is Cc1nc(C(=O)O[C@H](C)C(=O)c2ccc(NC(=O)C(C)C)cc2)nn1-c1ccc(F)cc1. The predicted molar refractivity (Wildman–Crippen MR) is 115 cm³/mol. The highest BCUT2D eigenvalue weighted by atomic mass is 19.1. The third-order valence-corrected chi connectivity index (χ3v) is 4.64. The Morgan fingerprint density at radius 3 is 2.22 bits per heavy atom. The first-order chi connectivity index (χ1) is 15.2. The van der Waals surface area contributed by atoms with Gasteiger partial charge in [-0.05, 0) is 62.4 Å². The molecule has 2 aromatic carbocycles. The Kier molecular flexibility index (Phi) is 6.77. The number of rotatable bonds is 7. The highest BCUT2D eigenvalue weighted by molar-refractivity contribution is 6.01. The van der Waals surface area contributed by atoms with E-state index in [0.29, 0.717) is 22.8 Å². The van der Waals surface area contributed by atoms with Crippen LogP contribution in [-0.4, -0.2) is 38.5 Å². The molecule has 0 aliphatic rings. The fraction of sp³-hybridized carbons (Fsp3) is 0.261. The van der Waals surface area contributed by atoms with Crippen LogP contribution in [0.5, 0.6) is 0 Å². The number of benzene rings is 2. The number of nitrogens with zero attached hydrogens (tertiary/aromatic N) is 3. The molecule has 9 heteroatoms. The largest absolute Gasteiger partial charge is 0.448 e. The number of Topliss-reactive ketones (excluding diaryl/α,β-unsaturated/α-hetero) is 1. The molecule has 1 N–H and O–H groups in total. The Morgan fingerprint density at radius 2 is 1.62 bits per heavy atom. The van der Waals surface area contributed by atoms with Gasteiger partial charge in [-0.25, -0.2) is 18.9 Å². The van der Waals surface area contributed by atoms with Crippen LogP contribution in [0, 0.1) is 18.7 Å². The van der Waals surface area contributed by atoms with Crippen LogP contribution < -0.4 is 5.32 Å². The summed E-state index contributed by atoms with van der Waals surface area (Å²) >= 11 is 0. The van der Waals surface area contributed by atoms with E-state index in [1.807, 2.05) is 0 Å². The van der Waals surface area contributed by atoms with Crippen LogP contribution >= 0.6 is 0 Å². The number of anilines is 1. The quantitative estimate of drug-likeness (QED) is 0.445. The van der Waals surface area contributed by atoms with E-state index in [1.54, 1.807) is 45.0 Å². The Labute approximate surface area is 184 Å². The fourth-order valence-corrected chi connectivity index (χ4v) is 2.81. The molecule has 1 atom stereocenters. The summed E-state index contributed by atoms with van der Waals surface area (Å²) in [6.07, 6.45) is -1.07. The molecular formula is C23H23FN4O4. The Morgan fingerprint density at radius 1 is 1.00 bits per heavy atom. The average molecular weight is 438 g/mol. The lowest BCUT2D eigenvalue weighted by atomic mass is 10.1. The summed E-state index contributed by atoms with van der Waals surface area (Å²) in [6.45, 7) is 6.66. The lowest BCUT2D eigenvalue weighted by molar-refractivity contribution is -0.118. The van der Waals surface area contributed by atoms with Gasteiger partial charge in [0, 0.05) is 17.2 Å². The molecule has 0 aliphatic carbocycles. The molecule has 8 nitrogen and oxygen atoms in total. The Balaban J connectivity index is 1.66. The first kappa shape index (κ1) is 22.8. The highest BCUT2D eigenvalue weighted by Gasteiger charge is 2.24. The van der Waals surface area contributed by atoms with Gasteiger partial charge in [-0.15, -0.1) is 5.10 Å². The monoisotopic (exact) mass is 438 g/mol. The van der Waals surface area contributed by atoms with Gasteiger partial charge in [-0.3, -0.25) is 9.59 Å². The molecule has 166 valence electrons. The third-order valence-electron chi connectivity index (χ3n) is 4.64. The Hall–Kier alpha value is -3.88. The standard InChI is InChI=1S/C23H23FN4O4/c1-13(2)22(30)26-18-9-5-16(6-10-18)20(29)14(3)32-23(31)21-25-15(4)28(27-21)19-11-7-17(24)8-12-19/h5-14H,1-4H3,(H,26,30)/t14-/m1/s1. The number of hydrogen-bond donors (Lipinski definition) is 1. The van der Waals surface area contributed by atoms with Crippen molar-refractivity contribution >= 4 is 23.3 Å². The van der Waals surface area contributed by atoms with E-state index < -0.39 is 23.7 Å². The number of amides is 1.